The molecule has 2 rings (SSSR count). The second kappa shape index (κ2) is 3.84. The molecule has 0 atom stereocenters. The standard InChI is InChI=1S/C10H15N3O/c11-9-7-12-4-3-10(9)13(5-6-14)8-1-2-8/h3-4,7-8,14H,1-2,5-6,11H2. The summed E-state index contributed by atoms with van der Waals surface area (Å²) in [6.07, 6.45) is 5.78. The Hall–Kier alpha value is -1.29. The van der Waals surface area contributed by atoms with E-state index >= 15 is 0 Å². The van der Waals surface area contributed by atoms with Gasteiger partial charge in [-0.2, -0.15) is 0 Å². The van der Waals surface area contributed by atoms with Crippen LogP contribution in [0.3, 0.4) is 0 Å². The number of nitrogens with zero attached hydrogens (tertiary/aromatic N) is 2. The average molecular weight is 193 g/mol. The van der Waals surface area contributed by atoms with E-state index < -0.39 is 0 Å². The number of nitrogen functional groups attached to an aromatic ring is 1. The van der Waals surface area contributed by atoms with E-state index in [1.54, 1.807) is 12.4 Å². The number of rotatable bonds is 4. The van der Waals surface area contributed by atoms with Crippen LogP contribution in [-0.2, 0) is 0 Å². The SMILES string of the molecule is Nc1cnccc1N(CCO)C1CC1. The molecule has 4 nitrogen and oxygen atoms in total. The van der Waals surface area contributed by atoms with Crippen molar-refractivity contribution in [2.45, 2.75) is 18.9 Å². The van der Waals surface area contributed by atoms with Crippen molar-refractivity contribution in [2.75, 3.05) is 23.8 Å². The lowest BCUT2D eigenvalue weighted by Gasteiger charge is -2.24. The van der Waals surface area contributed by atoms with Crippen LogP contribution in [0, 0.1) is 0 Å². The Labute approximate surface area is 83.4 Å². The van der Waals surface area contributed by atoms with E-state index in [0.717, 1.165) is 5.69 Å². The molecule has 1 fully saturated rings. The van der Waals surface area contributed by atoms with Crippen LogP contribution in [0.15, 0.2) is 18.5 Å². The van der Waals surface area contributed by atoms with Gasteiger partial charge in [-0.25, -0.2) is 0 Å². The maximum absolute atomic E-state index is 8.97. The summed E-state index contributed by atoms with van der Waals surface area (Å²) in [6.45, 7) is 0.817. The predicted octanol–water partition coefficient (Wildman–Crippen LogP) is 0.625. The normalized spacial score (nSPS) is 15.5. The Morgan fingerprint density at radius 3 is 2.93 bits per heavy atom. The zero-order chi connectivity index (χ0) is 9.97. The largest absolute Gasteiger partial charge is 0.396 e. The van der Waals surface area contributed by atoms with Gasteiger partial charge in [-0.1, -0.05) is 0 Å². The molecule has 3 N–H and O–H groups in total. The summed E-state index contributed by atoms with van der Waals surface area (Å²) in [5.41, 5.74) is 7.52. The summed E-state index contributed by atoms with van der Waals surface area (Å²) in [7, 11) is 0. The van der Waals surface area contributed by atoms with Crippen LogP contribution in [0.1, 0.15) is 12.8 Å². The van der Waals surface area contributed by atoms with Crippen molar-refractivity contribution >= 4 is 11.4 Å². The quantitative estimate of drug-likeness (QED) is 0.736. The number of hydrogen-bond donors (Lipinski definition) is 2. The van der Waals surface area contributed by atoms with Gasteiger partial charge in [-0.3, -0.25) is 4.98 Å². The van der Waals surface area contributed by atoms with Gasteiger partial charge in [0.1, 0.15) is 0 Å². The number of nitrogens with two attached hydrogens (primary N) is 1. The summed E-state index contributed by atoms with van der Waals surface area (Å²) in [6, 6.07) is 2.47. The maximum atomic E-state index is 8.97. The molecular formula is C10H15N3O. The first kappa shape index (κ1) is 9.27. The monoisotopic (exact) mass is 193 g/mol. The third kappa shape index (κ3) is 1.80. The number of anilines is 2. The molecule has 0 aliphatic heterocycles. The Balaban J connectivity index is 2.21. The summed E-state index contributed by atoms with van der Waals surface area (Å²) < 4.78 is 0. The number of aliphatic hydroxyl groups is 1. The fraction of sp³-hybridized carbons (Fsp3) is 0.500. The first-order valence-electron chi connectivity index (χ1n) is 4.90. The number of aromatic nitrogens is 1. The smallest absolute Gasteiger partial charge is 0.0738 e. The number of pyridine rings is 1. The Kier molecular flexibility index (Phi) is 2.54. The van der Waals surface area contributed by atoms with Gasteiger partial charge >= 0.3 is 0 Å². The van der Waals surface area contributed by atoms with Gasteiger partial charge < -0.3 is 15.7 Å². The van der Waals surface area contributed by atoms with Crippen LogP contribution in [0.5, 0.6) is 0 Å². The van der Waals surface area contributed by atoms with Crippen molar-refractivity contribution in [3.63, 3.8) is 0 Å². The number of aliphatic hydroxyl groups excluding tert-OH is 1. The van der Waals surface area contributed by atoms with E-state index in [2.05, 4.69) is 9.88 Å². The second-order valence-electron chi connectivity index (χ2n) is 3.58. The van der Waals surface area contributed by atoms with Gasteiger partial charge in [0.05, 0.1) is 24.2 Å². The maximum Gasteiger partial charge on any atom is 0.0738 e. The minimum absolute atomic E-state index is 0.165. The molecule has 1 aliphatic carbocycles. The fourth-order valence-corrected chi connectivity index (χ4v) is 1.65. The summed E-state index contributed by atoms with van der Waals surface area (Å²) in [4.78, 5) is 6.12. The zero-order valence-corrected chi connectivity index (χ0v) is 8.06. The molecule has 1 aromatic rings. The van der Waals surface area contributed by atoms with Crippen LogP contribution in [0.4, 0.5) is 11.4 Å². The molecule has 0 spiro atoms. The van der Waals surface area contributed by atoms with Gasteiger partial charge in [0.25, 0.3) is 0 Å². The molecule has 1 aliphatic rings. The molecule has 1 aromatic heterocycles. The molecule has 0 bridgehead atoms. The van der Waals surface area contributed by atoms with Crippen molar-refractivity contribution < 1.29 is 5.11 Å². The zero-order valence-electron chi connectivity index (χ0n) is 8.06. The van der Waals surface area contributed by atoms with E-state index in [0.29, 0.717) is 18.3 Å². The van der Waals surface area contributed by atoms with Crippen LogP contribution >= 0.6 is 0 Å². The lowest BCUT2D eigenvalue weighted by Crippen LogP contribution is -2.29. The van der Waals surface area contributed by atoms with Crippen LogP contribution in [0.2, 0.25) is 0 Å². The predicted molar refractivity (Wildman–Crippen MR) is 56.1 cm³/mol. The van der Waals surface area contributed by atoms with Gasteiger partial charge in [0.15, 0.2) is 0 Å². The molecular weight excluding hydrogens is 178 g/mol. The van der Waals surface area contributed by atoms with Crippen LogP contribution in [0.25, 0.3) is 0 Å². The topological polar surface area (TPSA) is 62.4 Å². The molecule has 0 saturated heterocycles. The molecule has 4 heteroatoms. The van der Waals surface area contributed by atoms with Crippen LogP contribution in [-0.4, -0.2) is 29.3 Å². The molecule has 0 unspecified atom stereocenters. The van der Waals surface area contributed by atoms with Gasteiger partial charge in [-0.15, -0.1) is 0 Å². The fourth-order valence-electron chi connectivity index (χ4n) is 1.65. The van der Waals surface area contributed by atoms with E-state index in [1.807, 2.05) is 6.07 Å². The molecule has 1 saturated carbocycles. The third-order valence-electron chi connectivity index (χ3n) is 2.47. The Bertz CT molecular complexity index is 312. The average Bonchev–Trinajstić information content (AvgIpc) is 2.99. The highest BCUT2D eigenvalue weighted by molar-refractivity contribution is 5.66. The third-order valence-corrected chi connectivity index (χ3v) is 2.47. The molecule has 0 aromatic carbocycles. The van der Waals surface area contributed by atoms with Crippen molar-refractivity contribution in [2.24, 2.45) is 0 Å². The van der Waals surface area contributed by atoms with Crippen molar-refractivity contribution in [3.8, 4) is 0 Å². The summed E-state index contributed by atoms with van der Waals surface area (Å²) in [5.74, 6) is 0. The second-order valence-corrected chi connectivity index (χ2v) is 3.58. The Morgan fingerprint density at radius 1 is 1.57 bits per heavy atom. The number of hydrogen-bond acceptors (Lipinski definition) is 4. The summed E-state index contributed by atoms with van der Waals surface area (Å²) >= 11 is 0. The van der Waals surface area contributed by atoms with Crippen molar-refractivity contribution in [3.05, 3.63) is 18.5 Å². The van der Waals surface area contributed by atoms with E-state index in [-0.39, 0.29) is 6.61 Å². The molecule has 0 amide bonds. The van der Waals surface area contributed by atoms with Gasteiger partial charge in [0.2, 0.25) is 0 Å². The molecule has 76 valence electrons. The first-order valence-corrected chi connectivity index (χ1v) is 4.90. The highest BCUT2D eigenvalue weighted by Crippen LogP contribution is 2.33. The van der Waals surface area contributed by atoms with E-state index in [9.17, 15) is 0 Å². The first-order chi connectivity index (χ1) is 6.83. The molecule has 14 heavy (non-hydrogen) atoms. The van der Waals surface area contributed by atoms with E-state index in [4.69, 9.17) is 10.8 Å². The van der Waals surface area contributed by atoms with Crippen molar-refractivity contribution in [1.29, 1.82) is 0 Å². The van der Waals surface area contributed by atoms with Crippen molar-refractivity contribution in [1.82, 2.24) is 4.98 Å². The lowest BCUT2D eigenvalue weighted by molar-refractivity contribution is 0.301. The van der Waals surface area contributed by atoms with Crippen LogP contribution < -0.4 is 10.6 Å². The van der Waals surface area contributed by atoms with Gasteiger partial charge in [-0.05, 0) is 18.9 Å². The highest BCUT2D eigenvalue weighted by Gasteiger charge is 2.29. The minimum Gasteiger partial charge on any atom is -0.396 e. The molecule has 1 heterocycles. The Morgan fingerprint density at radius 2 is 2.36 bits per heavy atom. The lowest BCUT2D eigenvalue weighted by atomic mass is 10.3. The highest BCUT2D eigenvalue weighted by atomic mass is 16.3. The molecule has 0 radical (unpaired) electrons. The van der Waals surface area contributed by atoms with E-state index in [1.165, 1.54) is 12.8 Å². The summed E-state index contributed by atoms with van der Waals surface area (Å²) in [5, 5.41) is 8.97. The van der Waals surface area contributed by atoms with Gasteiger partial charge in [0, 0.05) is 18.8 Å². The minimum atomic E-state index is 0.165.